The lowest BCUT2D eigenvalue weighted by molar-refractivity contribution is 0.0539. The molecular weight excluding hydrogens is 294 g/mol. The molecule has 1 unspecified atom stereocenters. The molecule has 1 heterocycles. The van der Waals surface area contributed by atoms with Crippen LogP contribution >= 0.6 is 15.9 Å². The summed E-state index contributed by atoms with van der Waals surface area (Å²) in [6.07, 6.45) is 2.37. The Morgan fingerprint density at radius 3 is 3.00 bits per heavy atom. The lowest BCUT2D eigenvalue weighted by atomic mass is 10.1. The Balaban J connectivity index is 2.04. The van der Waals surface area contributed by atoms with E-state index in [9.17, 15) is 4.79 Å². The Kier molecular flexibility index (Phi) is 4.78. The molecule has 0 aliphatic carbocycles. The van der Waals surface area contributed by atoms with Gasteiger partial charge >= 0.3 is 0 Å². The molecule has 1 atom stereocenters. The number of hydrogen-bond acceptors (Lipinski definition) is 2. The highest BCUT2D eigenvalue weighted by Gasteiger charge is 2.22. The first-order chi connectivity index (χ1) is 8.70. The third-order valence-electron chi connectivity index (χ3n) is 3.19. The number of likely N-dealkylation sites (N-methyl/N-ethyl adjacent to an activating group) is 1. The van der Waals surface area contributed by atoms with E-state index in [4.69, 9.17) is 4.74 Å². The largest absolute Gasteiger partial charge is 0.376 e. The highest BCUT2D eigenvalue weighted by Crippen LogP contribution is 2.17. The third kappa shape index (κ3) is 3.33. The van der Waals surface area contributed by atoms with Gasteiger partial charge in [-0.15, -0.1) is 0 Å². The normalized spacial score (nSPS) is 18.9. The maximum Gasteiger partial charge on any atom is 0.253 e. The predicted octanol–water partition coefficient (Wildman–Crippen LogP) is 3.09. The van der Waals surface area contributed by atoms with Gasteiger partial charge in [0.05, 0.1) is 6.10 Å². The van der Waals surface area contributed by atoms with Crippen LogP contribution in [0.25, 0.3) is 0 Å². The zero-order chi connectivity index (χ0) is 13.0. The first-order valence-electron chi connectivity index (χ1n) is 6.37. The van der Waals surface area contributed by atoms with Crippen molar-refractivity contribution in [3.63, 3.8) is 0 Å². The SMILES string of the molecule is CCN(CC1CCCO1)C(=O)c1cccc(Br)c1. The van der Waals surface area contributed by atoms with Crippen molar-refractivity contribution < 1.29 is 9.53 Å². The molecule has 0 bridgehead atoms. The fraction of sp³-hybridized carbons (Fsp3) is 0.500. The standard InChI is InChI=1S/C14H18BrNO2/c1-2-16(10-13-7-4-8-18-13)14(17)11-5-3-6-12(15)9-11/h3,5-6,9,13H,2,4,7-8,10H2,1H3. The molecule has 0 N–H and O–H groups in total. The number of carbonyl (C=O) groups is 1. The molecule has 18 heavy (non-hydrogen) atoms. The zero-order valence-corrected chi connectivity index (χ0v) is 12.1. The Bertz CT molecular complexity index is 416. The van der Waals surface area contributed by atoms with Crippen LogP contribution in [0.15, 0.2) is 28.7 Å². The van der Waals surface area contributed by atoms with Crippen molar-refractivity contribution in [1.82, 2.24) is 4.90 Å². The van der Waals surface area contributed by atoms with Gasteiger partial charge in [0.25, 0.3) is 5.91 Å². The molecule has 0 aromatic heterocycles. The number of carbonyl (C=O) groups excluding carboxylic acids is 1. The summed E-state index contributed by atoms with van der Waals surface area (Å²) < 4.78 is 6.52. The van der Waals surface area contributed by atoms with Crippen LogP contribution in [0.3, 0.4) is 0 Å². The van der Waals surface area contributed by atoms with Crippen molar-refractivity contribution in [2.45, 2.75) is 25.9 Å². The van der Waals surface area contributed by atoms with Crippen molar-refractivity contribution >= 4 is 21.8 Å². The predicted molar refractivity (Wildman–Crippen MR) is 74.7 cm³/mol. The minimum atomic E-state index is 0.0781. The van der Waals surface area contributed by atoms with Gasteiger partial charge in [-0.25, -0.2) is 0 Å². The van der Waals surface area contributed by atoms with Crippen LogP contribution in [0.4, 0.5) is 0 Å². The molecule has 98 valence electrons. The second-order valence-electron chi connectivity index (χ2n) is 4.49. The summed E-state index contributed by atoms with van der Waals surface area (Å²) in [5.41, 5.74) is 0.726. The van der Waals surface area contributed by atoms with Gasteiger partial charge in [-0.05, 0) is 38.0 Å². The van der Waals surface area contributed by atoms with Gasteiger partial charge < -0.3 is 9.64 Å². The number of amides is 1. The summed E-state index contributed by atoms with van der Waals surface area (Å²) in [6, 6.07) is 7.52. The van der Waals surface area contributed by atoms with E-state index >= 15 is 0 Å². The molecule has 1 amide bonds. The summed E-state index contributed by atoms with van der Waals surface area (Å²) in [5, 5.41) is 0. The minimum absolute atomic E-state index is 0.0781. The fourth-order valence-electron chi connectivity index (χ4n) is 2.19. The summed E-state index contributed by atoms with van der Waals surface area (Å²) in [6.45, 7) is 4.24. The van der Waals surface area contributed by atoms with Crippen molar-refractivity contribution in [1.29, 1.82) is 0 Å². The van der Waals surface area contributed by atoms with E-state index < -0.39 is 0 Å². The summed E-state index contributed by atoms with van der Waals surface area (Å²) in [7, 11) is 0. The Morgan fingerprint density at radius 2 is 2.39 bits per heavy atom. The third-order valence-corrected chi connectivity index (χ3v) is 3.68. The van der Waals surface area contributed by atoms with Gasteiger partial charge in [-0.2, -0.15) is 0 Å². The average Bonchev–Trinajstić information content (AvgIpc) is 2.88. The van der Waals surface area contributed by atoms with Gasteiger partial charge in [0, 0.05) is 29.7 Å². The molecule has 1 aromatic rings. The maximum absolute atomic E-state index is 12.4. The quantitative estimate of drug-likeness (QED) is 0.855. The van der Waals surface area contributed by atoms with Crippen molar-refractivity contribution in [2.24, 2.45) is 0 Å². The topological polar surface area (TPSA) is 29.5 Å². The van der Waals surface area contributed by atoms with Crippen LogP contribution in [-0.2, 0) is 4.74 Å². The van der Waals surface area contributed by atoms with Crippen molar-refractivity contribution in [2.75, 3.05) is 19.7 Å². The summed E-state index contributed by atoms with van der Waals surface area (Å²) >= 11 is 3.39. The second kappa shape index (κ2) is 6.34. The van der Waals surface area contributed by atoms with E-state index in [1.165, 1.54) is 0 Å². The Morgan fingerprint density at radius 1 is 1.56 bits per heavy atom. The van der Waals surface area contributed by atoms with E-state index in [0.717, 1.165) is 29.5 Å². The van der Waals surface area contributed by atoms with Crippen LogP contribution in [0, 0.1) is 0 Å². The van der Waals surface area contributed by atoms with E-state index in [-0.39, 0.29) is 12.0 Å². The number of rotatable bonds is 4. The Hall–Kier alpha value is -0.870. The molecule has 0 saturated carbocycles. The molecule has 1 aliphatic rings. The lowest BCUT2D eigenvalue weighted by Crippen LogP contribution is -2.37. The molecule has 2 rings (SSSR count). The van der Waals surface area contributed by atoms with E-state index in [0.29, 0.717) is 13.1 Å². The minimum Gasteiger partial charge on any atom is -0.376 e. The van der Waals surface area contributed by atoms with Gasteiger partial charge in [0.1, 0.15) is 0 Å². The van der Waals surface area contributed by atoms with Crippen LogP contribution < -0.4 is 0 Å². The highest BCUT2D eigenvalue weighted by atomic mass is 79.9. The monoisotopic (exact) mass is 311 g/mol. The van der Waals surface area contributed by atoms with E-state index in [2.05, 4.69) is 15.9 Å². The van der Waals surface area contributed by atoms with Crippen molar-refractivity contribution in [3.8, 4) is 0 Å². The zero-order valence-electron chi connectivity index (χ0n) is 10.6. The molecule has 0 radical (unpaired) electrons. The first kappa shape index (κ1) is 13.6. The van der Waals surface area contributed by atoms with Gasteiger partial charge in [-0.3, -0.25) is 4.79 Å². The molecule has 4 heteroatoms. The molecule has 1 fully saturated rings. The number of halogens is 1. The van der Waals surface area contributed by atoms with Gasteiger partial charge in [-0.1, -0.05) is 22.0 Å². The van der Waals surface area contributed by atoms with Crippen molar-refractivity contribution in [3.05, 3.63) is 34.3 Å². The maximum atomic E-state index is 12.4. The summed E-state index contributed by atoms with van der Waals surface area (Å²) in [4.78, 5) is 14.2. The molecule has 1 aliphatic heterocycles. The highest BCUT2D eigenvalue weighted by molar-refractivity contribution is 9.10. The number of benzene rings is 1. The molecule has 1 saturated heterocycles. The van der Waals surface area contributed by atoms with E-state index in [1.54, 1.807) is 0 Å². The number of hydrogen-bond donors (Lipinski definition) is 0. The van der Waals surface area contributed by atoms with Gasteiger partial charge in [0.2, 0.25) is 0 Å². The van der Waals surface area contributed by atoms with Crippen LogP contribution in [0.5, 0.6) is 0 Å². The average molecular weight is 312 g/mol. The molecule has 3 nitrogen and oxygen atoms in total. The number of ether oxygens (including phenoxy) is 1. The fourth-order valence-corrected chi connectivity index (χ4v) is 2.59. The van der Waals surface area contributed by atoms with Gasteiger partial charge in [0.15, 0.2) is 0 Å². The van der Waals surface area contributed by atoms with Crippen LogP contribution in [-0.4, -0.2) is 36.6 Å². The smallest absolute Gasteiger partial charge is 0.253 e. The Labute approximate surface area is 116 Å². The van der Waals surface area contributed by atoms with Crippen LogP contribution in [0.2, 0.25) is 0 Å². The second-order valence-corrected chi connectivity index (χ2v) is 5.40. The molecular formula is C14H18BrNO2. The molecule has 1 aromatic carbocycles. The van der Waals surface area contributed by atoms with Crippen LogP contribution in [0.1, 0.15) is 30.1 Å². The summed E-state index contributed by atoms with van der Waals surface area (Å²) in [5.74, 6) is 0.0781. The lowest BCUT2D eigenvalue weighted by Gasteiger charge is -2.24. The van der Waals surface area contributed by atoms with E-state index in [1.807, 2.05) is 36.1 Å². The molecule has 0 spiro atoms. The first-order valence-corrected chi connectivity index (χ1v) is 7.16. The number of nitrogens with zero attached hydrogens (tertiary/aromatic N) is 1.